The van der Waals surface area contributed by atoms with Crippen LogP contribution in [0, 0.1) is 22.7 Å². The molecule has 0 spiro atoms. The smallest absolute Gasteiger partial charge is 0.328 e. The fraction of sp³-hybridized carbons (Fsp3) is 0.867. The van der Waals surface area contributed by atoms with E-state index in [2.05, 4.69) is 12.2 Å². The molecule has 0 saturated heterocycles. The molecule has 3 atom stereocenters. The lowest BCUT2D eigenvalue weighted by atomic mass is 9.44. The summed E-state index contributed by atoms with van der Waals surface area (Å²) in [5, 5.41) is 20.6. The van der Waals surface area contributed by atoms with Crippen molar-refractivity contribution in [2.75, 3.05) is 6.61 Å². The Kier molecular flexibility index (Phi) is 3.08. The molecule has 4 rings (SSSR count). The molecular formula is C15H23NO4. The number of aliphatic hydroxyl groups is 1. The van der Waals surface area contributed by atoms with Crippen molar-refractivity contribution in [1.29, 1.82) is 0 Å². The number of aliphatic hydroxyl groups excluding tert-OH is 1. The number of amides is 1. The van der Waals surface area contributed by atoms with Crippen LogP contribution in [-0.4, -0.2) is 34.7 Å². The highest BCUT2D eigenvalue weighted by atomic mass is 16.4. The Balaban J connectivity index is 1.79. The number of hydrogen-bond donors (Lipinski definition) is 3. The molecule has 112 valence electrons. The number of aliphatic carboxylic acids is 1. The molecule has 0 aromatic rings. The zero-order chi connectivity index (χ0) is 14.5. The summed E-state index contributed by atoms with van der Waals surface area (Å²) in [5.41, 5.74) is -0.138. The molecule has 5 nitrogen and oxygen atoms in total. The van der Waals surface area contributed by atoms with Crippen molar-refractivity contribution in [2.24, 2.45) is 22.7 Å². The average molecular weight is 281 g/mol. The lowest BCUT2D eigenvalue weighted by molar-refractivity contribution is -0.159. The molecule has 5 heteroatoms. The first kappa shape index (κ1) is 13.9. The first-order chi connectivity index (χ1) is 9.36. The van der Waals surface area contributed by atoms with Crippen LogP contribution in [-0.2, 0) is 9.59 Å². The molecule has 4 saturated carbocycles. The normalized spacial score (nSPS) is 43.3. The van der Waals surface area contributed by atoms with Crippen molar-refractivity contribution in [3.8, 4) is 0 Å². The second-order valence-electron chi connectivity index (χ2n) is 7.60. The third-order valence-corrected chi connectivity index (χ3v) is 5.62. The number of carboxylic acids is 1. The quantitative estimate of drug-likeness (QED) is 0.721. The molecule has 0 aliphatic heterocycles. The van der Waals surface area contributed by atoms with Crippen LogP contribution in [0.3, 0.4) is 0 Å². The molecule has 4 bridgehead atoms. The van der Waals surface area contributed by atoms with Crippen molar-refractivity contribution in [3.05, 3.63) is 0 Å². The second kappa shape index (κ2) is 4.45. The second-order valence-corrected chi connectivity index (χ2v) is 7.60. The van der Waals surface area contributed by atoms with Crippen molar-refractivity contribution >= 4 is 11.9 Å². The monoisotopic (exact) mass is 281 g/mol. The van der Waals surface area contributed by atoms with Crippen molar-refractivity contribution in [1.82, 2.24) is 5.32 Å². The minimum atomic E-state index is -1.18. The van der Waals surface area contributed by atoms with Gasteiger partial charge in [0.2, 0.25) is 5.91 Å². The Labute approximate surface area is 118 Å². The van der Waals surface area contributed by atoms with Gasteiger partial charge in [-0.2, -0.15) is 0 Å². The summed E-state index contributed by atoms with van der Waals surface area (Å²) in [6.45, 7) is 1.72. The highest BCUT2D eigenvalue weighted by Crippen LogP contribution is 2.65. The van der Waals surface area contributed by atoms with Crippen LogP contribution in [0.15, 0.2) is 0 Å². The van der Waals surface area contributed by atoms with Gasteiger partial charge in [0.15, 0.2) is 0 Å². The van der Waals surface area contributed by atoms with E-state index in [4.69, 9.17) is 10.2 Å². The first-order valence-electron chi connectivity index (χ1n) is 7.50. The Morgan fingerprint density at radius 3 is 2.30 bits per heavy atom. The predicted molar refractivity (Wildman–Crippen MR) is 71.9 cm³/mol. The number of rotatable bonds is 4. The summed E-state index contributed by atoms with van der Waals surface area (Å²) < 4.78 is 0. The maximum atomic E-state index is 12.6. The molecule has 4 aliphatic carbocycles. The van der Waals surface area contributed by atoms with E-state index in [1.54, 1.807) is 0 Å². The summed E-state index contributed by atoms with van der Waals surface area (Å²) in [5.74, 6) is -0.0927. The van der Waals surface area contributed by atoms with E-state index >= 15 is 0 Å². The Morgan fingerprint density at radius 2 is 1.85 bits per heavy atom. The van der Waals surface area contributed by atoms with Gasteiger partial charge in [0.05, 0.1) is 12.0 Å². The predicted octanol–water partition coefficient (Wildman–Crippen LogP) is 1.15. The molecule has 3 N–H and O–H groups in total. The van der Waals surface area contributed by atoms with E-state index in [9.17, 15) is 9.59 Å². The molecule has 0 heterocycles. The molecule has 2 unspecified atom stereocenters. The SMILES string of the molecule is CC12CC3CC(C1)CC(C(=O)N[C@H](CO)C(=O)O)(C3)C2. The van der Waals surface area contributed by atoms with Crippen molar-refractivity contribution in [3.63, 3.8) is 0 Å². The van der Waals surface area contributed by atoms with Gasteiger partial charge < -0.3 is 15.5 Å². The van der Waals surface area contributed by atoms with Crippen LogP contribution >= 0.6 is 0 Å². The Bertz CT molecular complexity index is 433. The van der Waals surface area contributed by atoms with Gasteiger partial charge in [0.25, 0.3) is 0 Å². The largest absolute Gasteiger partial charge is 0.480 e. The topological polar surface area (TPSA) is 86.6 Å². The summed E-state index contributed by atoms with van der Waals surface area (Å²) in [7, 11) is 0. The number of carbonyl (C=O) groups excluding carboxylic acids is 1. The number of carbonyl (C=O) groups is 2. The molecule has 0 radical (unpaired) electrons. The van der Waals surface area contributed by atoms with Gasteiger partial charge in [-0.3, -0.25) is 4.79 Å². The van der Waals surface area contributed by atoms with Gasteiger partial charge >= 0.3 is 5.97 Å². The van der Waals surface area contributed by atoms with Gasteiger partial charge in [-0.15, -0.1) is 0 Å². The molecule has 0 aromatic heterocycles. The highest BCUT2D eigenvalue weighted by molar-refractivity contribution is 5.88. The first-order valence-corrected chi connectivity index (χ1v) is 7.50. The van der Waals surface area contributed by atoms with E-state index in [0.717, 1.165) is 19.3 Å². The lowest BCUT2D eigenvalue weighted by Gasteiger charge is -2.60. The average Bonchev–Trinajstić information content (AvgIpc) is 2.31. The minimum Gasteiger partial charge on any atom is -0.480 e. The van der Waals surface area contributed by atoms with Gasteiger partial charge in [-0.1, -0.05) is 6.92 Å². The number of hydrogen-bond acceptors (Lipinski definition) is 3. The molecular weight excluding hydrogens is 258 g/mol. The van der Waals surface area contributed by atoms with Gasteiger partial charge in [-0.25, -0.2) is 4.79 Å². The molecule has 1 amide bonds. The highest BCUT2D eigenvalue weighted by Gasteiger charge is 2.59. The van der Waals surface area contributed by atoms with Crippen molar-refractivity contribution < 1.29 is 19.8 Å². The maximum absolute atomic E-state index is 12.6. The van der Waals surface area contributed by atoms with Crippen LogP contribution in [0.5, 0.6) is 0 Å². The van der Waals surface area contributed by atoms with E-state index in [1.807, 2.05) is 0 Å². The van der Waals surface area contributed by atoms with Crippen LogP contribution in [0.4, 0.5) is 0 Å². The van der Waals surface area contributed by atoms with Gasteiger partial charge in [0, 0.05) is 0 Å². The summed E-state index contributed by atoms with van der Waals surface area (Å²) in [6.07, 6.45) is 6.30. The number of nitrogens with one attached hydrogen (secondary N) is 1. The van der Waals surface area contributed by atoms with Crippen LogP contribution in [0.2, 0.25) is 0 Å². The number of carboxylic acid groups (broad SMARTS) is 1. The fourth-order valence-corrected chi connectivity index (χ4v) is 5.48. The van der Waals surface area contributed by atoms with E-state index in [-0.39, 0.29) is 16.7 Å². The molecule has 20 heavy (non-hydrogen) atoms. The van der Waals surface area contributed by atoms with Crippen LogP contribution in [0.25, 0.3) is 0 Å². The molecule has 0 aromatic carbocycles. The third-order valence-electron chi connectivity index (χ3n) is 5.62. The van der Waals surface area contributed by atoms with Gasteiger partial charge in [0.1, 0.15) is 6.04 Å². The molecule has 4 fully saturated rings. The van der Waals surface area contributed by atoms with E-state index < -0.39 is 18.6 Å². The Morgan fingerprint density at radius 1 is 1.25 bits per heavy atom. The summed E-state index contributed by atoms with van der Waals surface area (Å²) >= 11 is 0. The van der Waals surface area contributed by atoms with Gasteiger partial charge in [-0.05, 0) is 55.8 Å². The van der Waals surface area contributed by atoms with E-state index in [1.165, 1.54) is 19.3 Å². The minimum absolute atomic E-state index is 0.153. The summed E-state index contributed by atoms with van der Waals surface area (Å²) in [4.78, 5) is 23.6. The van der Waals surface area contributed by atoms with E-state index in [0.29, 0.717) is 11.8 Å². The lowest BCUT2D eigenvalue weighted by Crippen LogP contribution is -2.59. The standard InChI is InChI=1S/C15H23NO4/c1-14-3-9-2-10(4-14)6-15(5-9,8-14)13(20)16-11(7-17)12(18)19/h9-11,17H,2-8H2,1H3,(H,16,20)(H,18,19)/t9?,10?,11-,14?,15?/m1/s1. The zero-order valence-corrected chi connectivity index (χ0v) is 11.9. The fourth-order valence-electron chi connectivity index (χ4n) is 5.48. The van der Waals surface area contributed by atoms with Crippen LogP contribution < -0.4 is 5.32 Å². The van der Waals surface area contributed by atoms with Crippen LogP contribution in [0.1, 0.15) is 45.4 Å². The maximum Gasteiger partial charge on any atom is 0.328 e. The third kappa shape index (κ3) is 2.12. The Hall–Kier alpha value is -1.10. The zero-order valence-electron chi connectivity index (χ0n) is 11.9. The summed E-state index contributed by atoms with van der Waals surface area (Å²) in [6, 6.07) is -1.18. The van der Waals surface area contributed by atoms with Crippen molar-refractivity contribution in [2.45, 2.75) is 51.5 Å². The molecule has 4 aliphatic rings.